The van der Waals surface area contributed by atoms with Crippen molar-refractivity contribution < 1.29 is 5.11 Å². The fourth-order valence-electron chi connectivity index (χ4n) is 2.61. The molecule has 1 aliphatic rings. The second kappa shape index (κ2) is 5.80. The summed E-state index contributed by atoms with van der Waals surface area (Å²) < 4.78 is 0. The Balaban J connectivity index is 1.84. The number of hydrogen-bond donors (Lipinski definition) is 2. The highest BCUT2D eigenvalue weighted by atomic mass is 32.1. The molecule has 0 aliphatic heterocycles. The molecule has 90 valence electrons. The van der Waals surface area contributed by atoms with Gasteiger partial charge in [-0.3, -0.25) is 0 Å². The van der Waals surface area contributed by atoms with Crippen molar-refractivity contribution in [2.45, 2.75) is 50.7 Å². The van der Waals surface area contributed by atoms with Crippen LogP contribution in [0.1, 0.15) is 49.5 Å². The third-order valence-electron chi connectivity index (χ3n) is 3.57. The molecule has 0 aromatic carbocycles. The van der Waals surface area contributed by atoms with E-state index >= 15 is 0 Å². The number of rotatable bonds is 4. The first-order valence-electron chi connectivity index (χ1n) is 6.24. The molecule has 0 spiro atoms. The molecular weight excluding hydrogens is 218 g/mol. The molecule has 1 heterocycles. The van der Waals surface area contributed by atoms with Crippen molar-refractivity contribution in [2.75, 3.05) is 0 Å². The van der Waals surface area contributed by atoms with Crippen molar-refractivity contribution in [3.05, 3.63) is 22.4 Å². The molecule has 0 saturated heterocycles. The summed E-state index contributed by atoms with van der Waals surface area (Å²) in [6.45, 7) is 0. The molecule has 0 unspecified atom stereocenters. The Hall–Kier alpha value is -0.380. The molecule has 1 fully saturated rings. The fraction of sp³-hybridized carbons (Fsp3) is 0.692. The molecule has 1 aromatic heterocycles. The monoisotopic (exact) mass is 239 g/mol. The Morgan fingerprint density at radius 3 is 2.75 bits per heavy atom. The molecule has 0 radical (unpaired) electrons. The predicted octanol–water partition coefficient (Wildman–Crippen LogP) is 3.08. The maximum absolute atomic E-state index is 10.1. The lowest BCUT2D eigenvalue weighted by Crippen LogP contribution is -2.31. The molecule has 16 heavy (non-hydrogen) atoms. The third-order valence-corrected chi connectivity index (χ3v) is 4.51. The SMILES string of the molecule is N[C@H](CC1CCCCC1)[C@H](O)c1cccs1. The van der Waals surface area contributed by atoms with Gasteiger partial charge in [0.05, 0.1) is 0 Å². The van der Waals surface area contributed by atoms with Gasteiger partial charge in [0.25, 0.3) is 0 Å². The molecule has 3 N–H and O–H groups in total. The second-order valence-electron chi connectivity index (χ2n) is 4.86. The maximum atomic E-state index is 10.1. The molecule has 2 nitrogen and oxygen atoms in total. The number of hydrogen-bond acceptors (Lipinski definition) is 3. The zero-order valence-corrected chi connectivity index (χ0v) is 10.5. The number of nitrogens with two attached hydrogens (primary N) is 1. The number of aliphatic hydroxyl groups excluding tert-OH is 1. The summed E-state index contributed by atoms with van der Waals surface area (Å²) in [6.07, 6.45) is 7.15. The Labute approximate surface area is 101 Å². The highest BCUT2D eigenvalue weighted by molar-refractivity contribution is 7.10. The highest BCUT2D eigenvalue weighted by Gasteiger charge is 2.23. The summed E-state index contributed by atoms with van der Waals surface area (Å²) >= 11 is 1.59. The lowest BCUT2D eigenvalue weighted by molar-refractivity contribution is 0.131. The Kier molecular flexibility index (Phi) is 4.38. The minimum atomic E-state index is -0.470. The molecule has 0 bridgehead atoms. The number of thiophene rings is 1. The van der Waals surface area contributed by atoms with E-state index in [4.69, 9.17) is 5.73 Å². The summed E-state index contributed by atoms with van der Waals surface area (Å²) in [5.74, 6) is 0.735. The Bertz CT molecular complexity index is 293. The summed E-state index contributed by atoms with van der Waals surface area (Å²) in [4.78, 5) is 1.00. The van der Waals surface area contributed by atoms with Gasteiger partial charge in [-0.25, -0.2) is 0 Å². The average Bonchev–Trinajstić information content (AvgIpc) is 2.83. The molecule has 1 aromatic rings. The van der Waals surface area contributed by atoms with Gasteiger partial charge in [-0.15, -0.1) is 11.3 Å². The lowest BCUT2D eigenvalue weighted by Gasteiger charge is -2.26. The molecule has 2 rings (SSSR count). The summed E-state index contributed by atoms with van der Waals surface area (Å²) in [7, 11) is 0. The van der Waals surface area contributed by atoms with E-state index in [2.05, 4.69) is 0 Å². The van der Waals surface area contributed by atoms with Gasteiger partial charge in [0, 0.05) is 10.9 Å². The van der Waals surface area contributed by atoms with E-state index < -0.39 is 6.10 Å². The third kappa shape index (κ3) is 3.06. The van der Waals surface area contributed by atoms with Gasteiger partial charge in [-0.05, 0) is 23.8 Å². The quantitative estimate of drug-likeness (QED) is 0.848. The van der Waals surface area contributed by atoms with Crippen LogP contribution in [0.5, 0.6) is 0 Å². The largest absolute Gasteiger partial charge is 0.386 e. The zero-order chi connectivity index (χ0) is 11.4. The van der Waals surface area contributed by atoms with Gasteiger partial charge in [0.2, 0.25) is 0 Å². The van der Waals surface area contributed by atoms with Crippen LogP contribution in [0, 0.1) is 5.92 Å². The second-order valence-corrected chi connectivity index (χ2v) is 5.84. The highest BCUT2D eigenvalue weighted by Crippen LogP contribution is 2.30. The van der Waals surface area contributed by atoms with Crippen LogP contribution in [-0.4, -0.2) is 11.1 Å². The van der Waals surface area contributed by atoms with Crippen LogP contribution in [0.25, 0.3) is 0 Å². The van der Waals surface area contributed by atoms with E-state index in [0.717, 1.165) is 17.2 Å². The van der Waals surface area contributed by atoms with Crippen LogP contribution in [0.2, 0.25) is 0 Å². The van der Waals surface area contributed by atoms with E-state index in [1.807, 2.05) is 17.5 Å². The van der Waals surface area contributed by atoms with E-state index in [-0.39, 0.29) is 6.04 Å². The summed E-state index contributed by atoms with van der Waals surface area (Å²) in [5, 5.41) is 12.1. The minimum Gasteiger partial charge on any atom is -0.386 e. The molecule has 3 heteroatoms. The van der Waals surface area contributed by atoms with Gasteiger partial charge < -0.3 is 10.8 Å². The van der Waals surface area contributed by atoms with Crippen LogP contribution < -0.4 is 5.73 Å². The van der Waals surface area contributed by atoms with Crippen LogP contribution in [-0.2, 0) is 0 Å². The first-order chi connectivity index (χ1) is 7.77. The standard InChI is InChI=1S/C13H21NOS/c14-11(9-10-5-2-1-3-6-10)13(15)12-7-4-8-16-12/h4,7-8,10-11,13,15H,1-3,5-6,9,14H2/t11-,13+/m1/s1. The van der Waals surface area contributed by atoms with E-state index in [1.54, 1.807) is 11.3 Å². The topological polar surface area (TPSA) is 46.2 Å². The van der Waals surface area contributed by atoms with Gasteiger partial charge in [-0.1, -0.05) is 38.2 Å². The van der Waals surface area contributed by atoms with Crippen molar-refractivity contribution in [1.29, 1.82) is 0 Å². The zero-order valence-electron chi connectivity index (χ0n) is 9.64. The predicted molar refractivity (Wildman–Crippen MR) is 68.4 cm³/mol. The van der Waals surface area contributed by atoms with Gasteiger partial charge in [-0.2, -0.15) is 0 Å². The van der Waals surface area contributed by atoms with Crippen LogP contribution in [0.4, 0.5) is 0 Å². The van der Waals surface area contributed by atoms with Crippen molar-refractivity contribution in [3.8, 4) is 0 Å². The minimum absolute atomic E-state index is 0.0956. The van der Waals surface area contributed by atoms with Crippen molar-refractivity contribution in [2.24, 2.45) is 11.7 Å². The van der Waals surface area contributed by atoms with Crippen molar-refractivity contribution >= 4 is 11.3 Å². The fourth-order valence-corrected chi connectivity index (χ4v) is 3.39. The molecular formula is C13H21NOS. The lowest BCUT2D eigenvalue weighted by atomic mass is 9.84. The van der Waals surface area contributed by atoms with Gasteiger partial charge in [0.15, 0.2) is 0 Å². The van der Waals surface area contributed by atoms with Crippen molar-refractivity contribution in [1.82, 2.24) is 0 Å². The maximum Gasteiger partial charge on any atom is 0.103 e. The normalized spacial score (nSPS) is 21.9. The average molecular weight is 239 g/mol. The first kappa shape index (κ1) is 12.1. The molecule has 0 amide bonds. The van der Waals surface area contributed by atoms with Crippen LogP contribution in [0.15, 0.2) is 17.5 Å². The van der Waals surface area contributed by atoms with Gasteiger partial charge >= 0.3 is 0 Å². The van der Waals surface area contributed by atoms with Crippen molar-refractivity contribution in [3.63, 3.8) is 0 Å². The Morgan fingerprint density at radius 2 is 2.12 bits per heavy atom. The van der Waals surface area contributed by atoms with Crippen LogP contribution in [0.3, 0.4) is 0 Å². The Morgan fingerprint density at radius 1 is 1.38 bits per heavy atom. The smallest absolute Gasteiger partial charge is 0.103 e. The molecule has 1 aliphatic carbocycles. The first-order valence-corrected chi connectivity index (χ1v) is 7.12. The van der Waals surface area contributed by atoms with Gasteiger partial charge in [0.1, 0.15) is 6.10 Å². The number of aliphatic hydroxyl groups is 1. The summed E-state index contributed by atoms with van der Waals surface area (Å²) in [6, 6.07) is 3.84. The molecule has 1 saturated carbocycles. The van der Waals surface area contributed by atoms with E-state index in [9.17, 15) is 5.11 Å². The summed E-state index contributed by atoms with van der Waals surface area (Å²) in [5.41, 5.74) is 6.10. The van der Waals surface area contributed by atoms with Crippen LogP contribution >= 0.6 is 11.3 Å². The van der Waals surface area contributed by atoms with E-state index in [1.165, 1.54) is 32.1 Å². The van der Waals surface area contributed by atoms with E-state index in [0.29, 0.717) is 0 Å². The molecule has 2 atom stereocenters.